The van der Waals surface area contributed by atoms with Crippen molar-refractivity contribution in [2.75, 3.05) is 44.7 Å². The van der Waals surface area contributed by atoms with Crippen molar-refractivity contribution in [1.29, 1.82) is 0 Å². The van der Waals surface area contributed by atoms with Gasteiger partial charge >= 0.3 is 0 Å². The van der Waals surface area contributed by atoms with Crippen LogP contribution in [0.4, 0.5) is 0 Å². The maximum Gasteiger partial charge on any atom is 0.242 e. The third-order valence-electron chi connectivity index (χ3n) is 4.77. The predicted octanol–water partition coefficient (Wildman–Crippen LogP) is 1.43. The molecule has 1 aromatic rings. The summed E-state index contributed by atoms with van der Waals surface area (Å²) in [5, 5.41) is 14.4. The summed E-state index contributed by atoms with van der Waals surface area (Å²) < 4.78 is 0. The fourth-order valence-corrected chi connectivity index (χ4v) is 4.60. The molecule has 0 aliphatic carbocycles. The lowest BCUT2D eigenvalue weighted by atomic mass is 10.0. The van der Waals surface area contributed by atoms with Crippen LogP contribution < -0.4 is 5.32 Å². The molecule has 8 heteroatoms. The van der Waals surface area contributed by atoms with Crippen LogP contribution in [0.25, 0.3) is 0 Å². The van der Waals surface area contributed by atoms with E-state index in [4.69, 9.17) is 11.6 Å². The summed E-state index contributed by atoms with van der Waals surface area (Å²) in [6, 6.07) is 7.58. The first-order valence-electron chi connectivity index (χ1n) is 8.77. The fraction of sp³-hybridized carbons (Fsp3) is 0.556. The number of nitrogens with one attached hydrogen (secondary N) is 1. The lowest BCUT2D eigenvalue weighted by Gasteiger charge is -2.36. The minimum absolute atomic E-state index is 0.0734. The molecule has 0 saturated carbocycles. The summed E-state index contributed by atoms with van der Waals surface area (Å²) in [5.74, 6) is 2.47. The van der Waals surface area contributed by atoms with Gasteiger partial charge < -0.3 is 20.2 Å². The number of aliphatic hydroxyl groups is 1. The maximum absolute atomic E-state index is 12.5. The van der Waals surface area contributed by atoms with E-state index in [2.05, 4.69) is 10.3 Å². The van der Waals surface area contributed by atoms with Gasteiger partial charge in [0.15, 0.2) is 5.96 Å². The molecule has 1 atom stereocenters. The highest BCUT2D eigenvalue weighted by Crippen LogP contribution is 2.27. The number of nitrogens with zero attached hydrogens (tertiary/aromatic N) is 3. The fourth-order valence-electron chi connectivity index (χ4n) is 3.18. The second kappa shape index (κ2) is 8.50. The van der Waals surface area contributed by atoms with Crippen molar-refractivity contribution in [3.8, 4) is 0 Å². The van der Waals surface area contributed by atoms with Crippen LogP contribution in [0.3, 0.4) is 0 Å². The zero-order valence-corrected chi connectivity index (χ0v) is 16.5. The number of piperazine rings is 1. The van der Waals surface area contributed by atoms with Gasteiger partial charge in [-0.15, -0.1) is 0 Å². The molecule has 2 fully saturated rings. The topological polar surface area (TPSA) is 68.2 Å². The Balaban J connectivity index is 1.53. The minimum Gasteiger partial charge on any atom is -0.387 e. The van der Waals surface area contributed by atoms with Crippen LogP contribution in [0, 0.1) is 0 Å². The van der Waals surface area contributed by atoms with E-state index in [-0.39, 0.29) is 5.91 Å². The number of hydrogen-bond donors (Lipinski definition) is 2. The quantitative estimate of drug-likeness (QED) is 0.595. The van der Waals surface area contributed by atoms with Crippen molar-refractivity contribution in [2.45, 2.75) is 18.6 Å². The van der Waals surface area contributed by atoms with Gasteiger partial charge in [0.1, 0.15) is 0 Å². The molecule has 0 spiro atoms. The first-order chi connectivity index (χ1) is 12.5. The van der Waals surface area contributed by atoms with E-state index >= 15 is 0 Å². The van der Waals surface area contributed by atoms with E-state index in [0.717, 1.165) is 23.5 Å². The number of benzene rings is 1. The van der Waals surface area contributed by atoms with Gasteiger partial charge in [-0.1, -0.05) is 23.7 Å². The maximum atomic E-state index is 12.5. The molecule has 0 aromatic heterocycles. The van der Waals surface area contributed by atoms with E-state index in [1.165, 1.54) is 0 Å². The molecule has 3 rings (SSSR count). The average Bonchev–Trinajstić information content (AvgIpc) is 3.06. The first kappa shape index (κ1) is 19.3. The normalized spacial score (nSPS) is 24.3. The molecule has 26 heavy (non-hydrogen) atoms. The van der Waals surface area contributed by atoms with Gasteiger partial charge in [-0.3, -0.25) is 9.79 Å². The lowest BCUT2D eigenvalue weighted by molar-refractivity contribution is -0.135. The molecule has 2 N–H and O–H groups in total. The Morgan fingerprint density at radius 1 is 1.38 bits per heavy atom. The van der Waals surface area contributed by atoms with Gasteiger partial charge in [0.05, 0.1) is 12.1 Å². The Bertz CT molecular complexity index is 662. The van der Waals surface area contributed by atoms with Crippen LogP contribution in [0.15, 0.2) is 29.3 Å². The molecule has 2 aliphatic heterocycles. The van der Waals surface area contributed by atoms with Crippen molar-refractivity contribution in [2.24, 2.45) is 4.99 Å². The van der Waals surface area contributed by atoms with Crippen LogP contribution in [0.1, 0.15) is 12.0 Å². The minimum atomic E-state index is -0.680. The van der Waals surface area contributed by atoms with Crippen molar-refractivity contribution in [1.82, 2.24) is 15.1 Å². The molecule has 1 aromatic carbocycles. The first-order valence-corrected chi connectivity index (χ1v) is 10.3. The van der Waals surface area contributed by atoms with Gasteiger partial charge in [0.2, 0.25) is 5.91 Å². The number of carbonyl (C=O) groups is 1. The molecule has 0 bridgehead atoms. The van der Waals surface area contributed by atoms with Crippen molar-refractivity contribution >= 4 is 35.2 Å². The van der Waals surface area contributed by atoms with Crippen LogP contribution in [-0.2, 0) is 11.3 Å². The number of aliphatic imine (C=N–C) groups is 1. The molecule has 0 radical (unpaired) electrons. The number of guanidine groups is 1. The second-order valence-corrected chi connectivity index (χ2v) is 8.33. The molecular formula is C18H25ClN4O2S. The van der Waals surface area contributed by atoms with Gasteiger partial charge in [-0.05, 0) is 29.9 Å². The summed E-state index contributed by atoms with van der Waals surface area (Å²) in [6.45, 7) is 2.70. The van der Waals surface area contributed by atoms with Crippen molar-refractivity contribution in [3.63, 3.8) is 0 Å². The molecule has 2 aliphatic rings. The molecular weight excluding hydrogens is 372 g/mol. The lowest BCUT2D eigenvalue weighted by Crippen LogP contribution is -2.56. The smallest absolute Gasteiger partial charge is 0.242 e. The van der Waals surface area contributed by atoms with Gasteiger partial charge in [-0.25, -0.2) is 0 Å². The Kier molecular flexibility index (Phi) is 6.32. The molecule has 2 saturated heterocycles. The highest BCUT2D eigenvalue weighted by atomic mass is 35.5. The van der Waals surface area contributed by atoms with Crippen LogP contribution >= 0.6 is 23.4 Å². The van der Waals surface area contributed by atoms with Crippen molar-refractivity contribution in [3.05, 3.63) is 34.9 Å². The number of thioether (sulfide) groups is 1. The van der Waals surface area contributed by atoms with Gasteiger partial charge in [0, 0.05) is 44.0 Å². The summed E-state index contributed by atoms with van der Waals surface area (Å²) >= 11 is 7.68. The summed E-state index contributed by atoms with van der Waals surface area (Å²) in [7, 11) is 1.71. The SMILES string of the molecule is CN=C(NCC1(O)CCSC1)N1CCN(Cc2ccc(Cl)cc2)C(=O)C1. The van der Waals surface area contributed by atoms with Crippen LogP contribution in [0.2, 0.25) is 5.02 Å². The van der Waals surface area contributed by atoms with Crippen LogP contribution in [-0.4, -0.2) is 77.1 Å². The summed E-state index contributed by atoms with van der Waals surface area (Å²) in [5.41, 5.74) is 0.390. The Hall–Kier alpha value is -1.44. The highest BCUT2D eigenvalue weighted by molar-refractivity contribution is 7.99. The zero-order chi connectivity index (χ0) is 18.6. The van der Waals surface area contributed by atoms with Gasteiger partial charge in [0.25, 0.3) is 0 Å². The van der Waals surface area contributed by atoms with Crippen molar-refractivity contribution < 1.29 is 9.90 Å². The molecule has 142 valence electrons. The van der Waals surface area contributed by atoms with E-state index < -0.39 is 5.60 Å². The second-order valence-electron chi connectivity index (χ2n) is 6.79. The van der Waals surface area contributed by atoms with E-state index in [1.807, 2.05) is 34.1 Å². The molecule has 6 nitrogen and oxygen atoms in total. The Morgan fingerprint density at radius 2 is 2.15 bits per heavy atom. The Morgan fingerprint density at radius 3 is 2.77 bits per heavy atom. The molecule has 1 amide bonds. The highest BCUT2D eigenvalue weighted by Gasteiger charge is 2.33. The number of rotatable bonds is 4. The zero-order valence-electron chi connectivity index (χ0n) is 14.9. The number of carbonyl (C=O) groups excluding carboxylic acids is 1. The van der Waals surface area contributed by atoms with Gasteiger partial charge in [-0.2, -0.15) is 11.8 Å². The number of amides is 1. The number of hydrogen-bond acceptors (Lipinski definition) is 4. The van der Waals surface area contributed by atoms with E-state index in [1.54, 1.807) is 18.8 Å². The Labute approximate surface area is 163 Å². The standard InChI is InChI=1S/C18H25ClN4O2S/c1-20-17(21-12-18(25)6-9-26-13-18)23-8-7-22(16(24)11-23)10-14-2-4-15(19)5-3-14/h2-5,25H,6-13H2,1H3,(H,20,21). The number of halogens is 1. The molecule has 1 unspecified atom stereocenters. The molecule has 2 heterocycles. The van der Waals surface area contributed by atoms with E-state index in [9.17, 15) is 9.90 Å². The summed E-state index contributed by atoms with van der Waals surface area (Å²) in [6.07, 6.45) is 0.787. The average molecular weight is 397 g/mol. The largest absolute Gasteiger partial charge is 0.387 e. The predicted molar refractivity (Wildman–Crippen MR) is 107 cm³/mol. The van der Waals surface area contributed by atoms with E-state index in [0.29, 0.717) is 43.7 Å². The monoisotopic (exact) mass is 396 g/mol. The van der Waals surface area contributed by atoms with Crippen LogP contribution in [0.5, 0.6) is 0 Å². The third-order valence-corrected chi connectivity index (χ3v) is 6.26. The summed E-state index contributed by atoms with van der Waals surface area (Å²) in [4.78, 5) is 20.6. The third kappa shape index (κ3) is 4.84.